The summed E-state index contributed by atoms with van der Waals surface area (Å²) in [6.07, 6.45) is 1.87. The van der Waals surface area contributed by atoms with Gasteiger partial charge in [-0.1, -0.05) is 30.3 Å². The van der Waals surface area contributed by atoms with Gasteiger partial charge in [0.1, 0.15) is 0 Å². The summed E-state index contributed by atoms with van der Waals surface area (Å²) in [5, 5.41) is 9.07. The van der Waals surface area contributed by atoms with Gasteiger partial charge < -0.3 is 15.7 Å². The number of rotatable bonds is 7. The van der Waals surface area contributed by atoms with Gasteiger partial charge in [-0.3, -0.25) is 0 Å². The molecule has 0 radical (unpaired) electrons. The summed E-state index contributed by atoms with van der Waals surface area (Å²) in [6.45, 7) is 3.86. The molecular weight excluding hydrogens is 212 g/mol. The fraction of sp³-hybridized carbons (Fsp3) is 0.571. The number of hydrogen-bond donors (Lipinski definition) is 2. The second-order valence-electron chi connectivity index (χ2n) is 5.10. The Morgan fingerprint density at radius 3 is 2.47 bits per heavy atom. The molecule has 0 aliphatic heterocycles. The maximum Gasteiger partial charge on any atom is 0.0608 e. The topological polar surface area (TPSA) is 49.5 Å². The zero-order valence-corrected chi connectivity index (χ0v) is 10.9. The van der Waals surface area contributed by atoms with Crippen LogP contribution in [0.4, 0.5) is 0 Å². The summed E-state index contributed by atoms with van der Waals surface area (Å²) in [6, 6.07) is 10.5. The highest BCUT2D eigenvalue weighted by Crippen LogP contribution is 2.06. The van der Waals surface area contributed by atoms with Gasteiger partial charge in [-0.15, -0.1) is 0 Å². The van der Waals surface area contributed by atoms with Gasteiger partial charge in [0.25, 0.3) is 0 Å². The molecule has 0 heterocycles. The van der Waals surface area contributed by atoms with Crippen LogP contribution in [0.5, 0.6) is 0 Å². The summed E-state index contributed by atoms with van der Waals surface area (Å²) >= 11 is 0. The Kier molecular flexibility index (Phi) is 5.62. The third-order valence-electron chi connectivity index (χ3n) is 3.05. The molecule has 1 atom stereocenters. The second kappa shape index (κ2) is 6.74. The van der Waals surface area contributed by atoms with Crippen molar-refractivity contribution >= 4 is 0 Å². The van der Waals surface area contributed by atoms with Crippen LogP contribution in [0.2, 0.25) is 0 Å². The van der Waals surface area contributed by atoms with E-state index in [1.54, 1.807) is 0 Å². The zero-order chi connectivity index (χ0) is 12.7. The van der Waals surface area contributed by atoms with Gasteiger partial charge in [-0.05, 0) is 38.9 Å². The fourth-order valence-corrected chi connectivity index (χ4v) is 1.60. The molecule has 1 aromatic carbocycles. The predicted octanol–water partition coefficient (Wildman–Crippen LogP) is 1.26. The Hall–Kier alpha value is -0.900. The number of nitrogens with two attached hydrogens (primary N) is 1. The minimum atomic E-state index is -0.457. The number of nitrogens with zero attached hydrogens (tertiary/aromatic N) is 1. The van der Waals surface area contributed by atoms with E-state index in [0.29, 0.717) is 0 Å². The Labute approximate surface area is 104 Å². The molecule has 0 bridgehead atoms. The number of benzene rings is 1. The van der Waals surface area contributed by atoms with Crippen molar-refractivity contribution in [1.29, 1.82) is 0 Å². The van der Waals surface area contributed by atoms with Gasteiger partial charge in [0, 0.05) is 12.1 Å². The van der Waals surface area contributed by atoms with Crippen molar-refractivity contribution in [3.8, 4) is 0 Å². The first-order chi connectivity index (χ1) is 8.03. The Morgan fingerprint density at radius 2 is 1.88 bits per heavy atom. The summed E-state index contributed by atoms with van der Waals surface area (Å²) in [7, 11) is 2.09. The monoisotopic (exact) mass is 236 g/mol. The molecule has 0 amide bonds. The summed E-state index contributed by atoms with van der Waals surface area (Å²) in [5.41, 5.74) is 6.80. The number of aliphatic hydroxyl groups is 1. The molecule has 1 rings (SSSR count). The van der Waals surface area contributed by atoms with Crippen LogP contribution < -0.4 is 5.73 Å². The molecule has 0 aromatic heterocycles. The first-order valence-corrected chi connectivity index (χ1v) is 6.16. The van der Waals surface area contributed by atoms with Crippen LogP contribution in [0, 0.1) is 0 Å². The summed E-state index contributed by atoms with van der Waals surface area (Å²) in [5.74, 6) is 0. The fourth-order valence-electron chi connectivity index (χ4n) is 1.60. The number of aliphatic hydroxyl groups excluding tert-OH is 1. The molecule has 0 aliphatic rings. The largest absolute Gasteiger partial charge is 0.394 e. The van der Waals surface area contributed by atoms with Gasteiger partial charge >= 0.3 is 0 Å². The van der Waals surface area contributed by atoms with Gasteiger partial charge in [0.05, 0.1) is 6.61 Å². The van der Waals surface area contributed by atoms with E-state index in [1.165, 1.54) is 5.56 Å². The molecule has 0 saturated heterocycles. The van der Waals surface area contributed by atoms with E-state index < -0.39 is 5.54 Å². The average molecular weight is 236 g/mol. The van der Waals surface area contributed by atoms with Gasteiger partial charge in [-0.2, -0.15) is 0 Å². The normalized spacial score (nSPS) is 14.9. The zero-order valence-electron chi connectivity index (χ0n) is 10.9. The minimum absolute atomic E-state index is 0.0412. The molecule has 3 N–H and O–H groups in total. The molecule has 1 aromatic rings. The molecule has 0 saturated carbocycles. The first-order valence-electron chi connectivity index (χ1n) is 6.16. The van der Waals surface area contributed by atoms with Crippen LogP contribution in [0.3, 0.4) is 0 Å². The lowest BCUT2D eigenvalue weighted by molar-refractivity contribution is 0.183. The van der Waals surface area contributed by atoms with Crippen molar-refractivity contribution in [2.75, 3.05) is 26.7 Å². The van der Waals surface area contributed by atoms with E-state index in [4.69, 9.17) is 10.8 Å². The molecule has 96 valence electrons. The SMILES string of the molecule is CN(CCc1ccccc1)CCC(C)(N)CO. The molecule has 3 nitrogen and oxygen atoms in total. The minimum Gasteiger partial charge on any atom is -0.394 e. The third kappa shape index (κ3) is 5.82. The van der Waals surface area contributed by atoms with Gasteiger partial charge in [-0.25, -0.2) is 0 Å². The Balaban J connectivity index is 2.24. The number of hydrogen-bond acceptors (Lipinski definition) is 3. The lowest BCUT2D eigenvalue weighted by atomic mass is 10.0. The van der Waals surface area contributed by atoms with Crippen LogP contribution in [-0.2, 0) is 6.42 Å². The lowest BCUT2D eigenvalue weighted by Gasteiger charge is -2.25. The highest BCUT2D eigenvalue weighted by atomic mass is 16.3. The highest BCUT2D eigenvalue weighted by molar-refractivity contribution is 5.14. The van der Waals surface area contributed by atoms with Gasteiger partial charge in [0.15, 0.2) is 0 Å². The molecule has 0 fully saturated rings. The second-order valence-corrected chi connectivity index (χ2v) is 5.10. The van der Waals surface area contributed by atoms with Crippen molar-refractivity contribution in [2.45, 2.75) is 25.3 Å². The van der Waals surface area contributed by atoms with Crippen molar-refractivity contribution in [3.05, 3.63) is 35.9 Å². The van der Waals surface area contributed by atoms with Crippen molar-refractivity contribution in [2.24, 2.45) is 5.73 Å². The van der Waals surface area contributed by atoms with Crippen LogP contribution in [-0.4, -0.2) is 42.3 Å². The maximum atomic E-state index is 9.07. The molecule has 0 spiro atoms. The van der Waals surface area contributed by atoms with Gasteiger partial charge in [0.2, 0.25) is 0 Å². The Bertz CT molecular complexity index is 311. The van der Waals surface area contributed by atoms with E-state index in [-0.39, 0.29) is 6.61 Å². The molecule has 17 heavy (non-hydrogen) atoms. The molecule has 1 unspecified atom stereocenters. The quantitative estimate of drug-likeness (QED) is 0.749. The van der Waals surface area contributed by atoms with Crippen molar-refractivity contribution in [3.63, 3.8) is 0 Å². The van der Waals surface area contributed by atoms with E-state index in [2.05, 4.69) is 36.2 Å². The van der Waals surface area contributed by atoms with E-state index in [0.717, 1.165) is 25.9 Å². The standard InChI is InChI=1S/C14H24N2O/c1-14(15,12-17)9-11-16(2)10-8-13-6-4-3-5-7-13/h3-7,17H,8-12,15H2,1-2H3. The van der Waals surface area contributed by atoms with E-state index in [9.17, 15) is 0 Å². The number of likely N-dealkylation sites (N-methyl/N-ethyl adjacent to an activating group) is 1. The van der Waals surface area contributed by atoms with E-state index in [1.807, 2.05) is 13.0 Å². The summed E-state index contributed by atoms with van der Waals surface area (Å²) in [4.78, 5) is 2.26. The lowest BCUT2D eigenvalue weighted by Crippen LogP contribution is -2.43. The molecule has 3 heteroatoms. The smallest absolute Gasteiger partial charge is 0.0608 e. The van der Waals surface area contributed by atoms with Crippen molar-refractivity contribution < 1.29 is 5.11 Å². The first kappa shape index (κ1) is 14.2. The van der Waals surface area contributed by atoms with Crippen LogP contribution in [0.1, 0.15) is 18.9 Å². The van der Waals surface area contributed by atoms with Crippen LogP contribution in [0.15, 0.2) is 30.3 Å². The van der Waals surface area contributed by atoms with Crippen LogP contribution in [0.25, 0.3) is 0 Å². The van der Waals surface area contributed by atoms with E-state index >= 15 is 0 Å². The molecular formula is C14H24N2O. The summed E-state index contributed by atoms with van der Waals surface area (Å²) < 4.78 is 0. The third-order valence-corrected chi connectivity index (χ3v) is 3.05. The highest BCUT2D eigenvalue weighted by Gasteiger charge is 2.17. The van der Waals surface area contributed by atoms with Crippen molar-refractivity contribution in [1.82, 2.24) is 4.90 Å². The average Bonchev–Trinajstić information content (AvgIpc) is 2.35. The van der Waals surface area contributed by atoms with Crippen LogP contribution >= 0.6 is 0 Å². The molecule has 0 aliphatic carbocycles. The predicted molar refractivity (Wildman–Crippen MR) is 71.9 cm³/mol. The maximum absolute atomic E-state index is 9.07. The Morgan fingerprint density at radius 1 is 1.24 bits per heavy atom.